The van der Waals surface area contributed by atoms with E-state index in [0.29, 0.717) is 47.1 Å². The lowest BCUT2D eigenvalue weighted by molar-refractivity contribution is -0.163. The summed E-state index contributed by atoms with van der Waals surface area (Å²) in [4.78, 5) is 84.6. The van der Waals surface area contributed by atoms with Gasteiger partial charge in [-0.2, -0.15) is 0 Å². The van der Waals surface area contributed by atoms with Crippen LogP contribution in [0.15, 0.2) is 60.9 Å². The van der Waals surface area contributed by atoms with E-state index < -0.39 is 40.4 Å². The number of halogens is 1. The number of rotatable bonds is 10. The largest absolute Gasteiger partial charge is 0.489 e. The molecule has 9 rings (SSSR count). The summed E-state index contributed by atoms with van der Waals surface area (Å²) in [5.74, 6) is -0.982. The van der Waals surface area contributed by atoms with Gasteiger partial charge >= 0.3 is 0 Å². The number of nitrogens with one attached hydrogen (secondary N) is 1. The van der Waals surface area contributed by atoms with Crippen LogP contribution in [0.25, 0.3) is 15.7 Å². The molecule has 4 fully saturated rings. The van der Waals surface area contributed by atoms with E-state index in [1.54, 1.807) is 30.5 Å². The summed E-state index contributed by atoms with van der Waals surface area (Å²) in [5.41, 5.74) is 1.74. The first-order chi connectivity index (χ1) is 30.6. The molecule has 64 heavy (non-hydrogen) atoms. The Labute approximate surface area is 371 Å². The molecule has 3 aliphatic heterocycles. The van der Waals surface area contributed by atoms with Crippen molar-refractivity contribution in [1.82, 2.24) is 25.1 Å². The zero-order valence-electron chi connectivity index (χ0n) is 36.7. The lowest BCUT2D eigenvalue weighted by Gasteiger charge is -2.63. The number of Topliss-reactive ketones (excluding diaryl/α,β-unsaturated/α-hetero) is 2. The number of ketones is 2. The number of piperidine rings is 1. The average molecular weight is 869 g/mol. The van der Waals surface area contributed by atoms with Crippen LogP contribution in [0.5, 0.6) is 5.75 Å². The standard InChI is InChI=1S/C49H53FN8O6/c1-48(2)46(49(3,4)47(48)64-40-13-11-37(51-5)41-34(40)7-6-17-52-41)54-43(61)30-25-36(50)42(53-28-30)57-19-15-29(16-20-57)14-18-55-21-23-56(24-22-55)31-8-10-33-35(26-31)45(63)58(44(33)62)38-12-9-32(59)27-39(38)60/h6-8,10-11,13,17,25-26,28-29,38,46-47H,9,12,14-16,18-24,27H2,1-4H3,(H,54,61). The van der Waals surface area contributed by atoms with Crippen molar-refractivity contribution in [3.05, 3.63) is 94.8 Å². The molecule has 2 saturated heterocycles. The van der Waals surface area contributed by atoms with E-state index in [9.17, 15) is 24.0 Å². The molecule has 1 N–H and O–H groups in total. The first-order valence-electron chi connectivity index (χ1n) is 22.3. The average Bonchev–Trinajstić information content (AvgIpc) is 3.54. The van der Waals surface area contributed by atoms with Crippen LogP contribution in [0.4, 0.5) is 21.6 Å². The van der Waals surface area contributed by atoms with Crippen LogP contribution in [-0.4, -0.2) is 113 Å². The van der Waals surface area contributed by atoms with Gasteiger partial charge in [-0.15, -0.1) is 0 Å². The van der Waals surface area contributed by atoms with Crippen LogP contribution >= 0.6 is 0 Å². The Balaban J connectivity index is 0.735. The number of aromatic nitrogens is 2. The molecule has 1 unspecified atom stereocenters. The van der Waals surface area contributed by atoms with Crippen molar-refractivity contribution >= 4 is 57.4 Å². The van der Waals surface area contributed by atoms with E-state index in [4.69, 9.17) is 11.3 Å². The Bertz CT molecular complexity index is 2590. The van der Waals surface area contributed by atoms with E-state index >= 15 is 4.39 Å². The van der Waals surface area contributed by atoms with Gasteiger partial charge in [0.25, 0.3) is 17.7 Å². The van der Waals surface area contributed by atoms with E-state index in [1.165, 1.54) is 12.3 Å². The van der Waals surface area contributed by atoms with E-state index in [2.05, 4.69) is 29.9 Å². The number of ether oxygens (including phenoxy) is 1. The van der Waals surface area contributed by atoms with Crippen molar-refractivity contribution in [2.45, 2.75) is 84.4 Å². The Morgan fingerprint density at radius 3 is 2.33 bits per heavy atom. The van der Waals surface area contributed by atoms with Crippen LogP contribution in [0.2, 0.25) is 0 Å². The minimum Gasteiger partial charge on any atom is -0.489 e. The number of amides is 3. The van der Waals surface area contributed by atoms with Gasteiger partial charge in [-0.1, -0.05) is 33.8 Å². The van der Waals surface area contributed by atoms with Crippen LogP contribution in [0.1, 0.15) is 97.3 Å². The minimum atomic E-state index is -0.881. The van der Waals surface area contributed by atoms with E-state index in [0.717, 1.165) is 68.0 Å². The molecular weight excluding hydrogens is 816 g/mol. The smallest absolute Gasteiger partial charge is 0.262 e. The van der Waals surface area contributed by atoms with Crippen molar-refractivity contribution in [2.24, 2.45) is 16.7 Å². The fourth-order valence-corrected chi connectivity index (χ4v) is 11.1. The molecule has 4 aromatic rings. The maximum Gasteiger partial charge on any atom is 0.262 e. The summed E-state index contributed by atoms with van der Waals surface area (Å²) in [6, 6.07) is 12.7. The predicted octanol–water partition coefficient (Wildman–Crippen LogP) is 6.65. The number of imide groups is 1. The molecule has 2 aliphatic carbocycles. The van der Waals surface area contributed by atoms with Gasteiger partial charge in [-0.25, -0.2) is 14.2 Å². The van der Waals surface area contributed by atoms with Crippen molar-refractivity contribution in [1.29, 1.82) is 0 Å². The molecular formula is C49H53FN8O6. The second-order valence-corrected chi connectivity index (χ2v) is 19.2. The Kier molecular flexibility index (Phi) is 11.2. The molecule has 2 aromatic heterocycles. The molecule has 1 atom stereocenters. The van der Waals surface area contributed by atoms with Crippen molar-refractivity contribution in [3.63, 3.8) is 0 Å². The predicted molar refractivity (Wildman–Crippen MR) is 238 cm³/mol. The third-order valence-electron chi connectivity index (χ3n) is 14.4. The van der Waals surface area contributed by atoms with Crippen LogP contribution < -0.4 is 19.9 Å². The van der Waals surface area contributed by atoms with Gasteiger partial charge in [-0.3, -0.25) is 38.8 Å². The lowest BCUT2D eigenvalue weighted by Crippen LogP contribution is -2.74. The number of hydrogen-bond donors (Lipinski definition) is 1. The number of carbonyl (C=O) groups is 5. The highest BCUT2D eigenvalue weighted by molar-refractivity contribution is 6.24. The molecule has 5 aliphatic rings. The van der Waals surface area contributed by atoms with Crippen molar-refractivity contribution in [3.8, 4) is 5.75 Å². The topological polar surface area (TPSA) is 150 Å². The highest BCUT2D eigenvalue weighted by atomic mass is 19.1. The normalized spacial score (nSPS) is 23.5. The Morgan fingerprint density at radius 1 is 0.891 bits per heavy atom. The summed E-state index contributed by atoms with van der Waals surface area (Å²) in [6.07, 6.45) is 5.84. The number of benzene rings is 2. The minimum absolute atomic E-state index is 0.155. The van der Waals surface area contributed by atoms with Crippen LogP contribution in [0.3, 0.4) is 0 Å². The zero-order valence-corrected chi connectivity index (χ0v) is 36.7. The quantitative estimate of drug-likeness (QED) is 0.104. The zero-order chi connectivity index (χ0) is 45.1. The van der Waals surface area contributed by atoms with E-state index in [1.807, 2.05) is 50.8 Å². The maximum atomic E-state index is 15.7. The van der Waals surface area contributed by atoms with Crippen molar-refractivity contribution < 1.29 is 33.1 Å². The molecule has 332 valence electrons. The number of pyridine rings is 2. The number of piperazine rings is 1. The van der Waals surface area contributed by atoms with Crippen LogP contribution in [-0.2, 0) is 9.59 Å². The third kappa shape index (κ3) is 7.65. The Morgan fingerprint density at radius 2 is 1.62 bits per heavy atom. The fraction of sp³-hybridized carbons (Fsp3) is 0.469. The number of nitrogens with zero attached hydrogens (tertiary/aromatic N) is 7. The number of hydrogen-bond acceptors (Lipinski definition) is 11. The monoisotopic (exact) mass is 868 g/mol. The van der Waals surface area contributed by atoms with Crippen molar-refractivity contribution in [2.75, 3.05) is 55.6 Å². The molecule has 14 nitrogen and oxygen atoms in total. The van der Waals surface area contributed by atoms with Gasteiger partial charge in [0.2, 0.25) is 5.69 Å². The molecule has 3 amide bonds. The summed E-state index contributed by atoms with van der Waals surface area (Å²) < 4.78 is 22.3. The second kappa shape index (κ2) is 16.7. The molecule has 0 bridgehead atoms. The van der Waals surface area contributed by atoms with Gasteiger partial charge in [0, 0.05) is 86.0 Å². The molecule has 15 heteroatoms. The lowest BCUT2D eigenvalue weighted by atomic mass is 9.49. The highest BCUT2D eigenvalue weighted by Crippen LogP contribution is 2.56. The molecule has 2 saturated carbocycles. The summed E-state index contributed by atoms with van der Waals surface area (Å²) >= 11 is 0. The number of carbonyl (C=O) groups excluding carboxylic acids is 5. The Hall–Kier alpha value is -6.27. The van der Waals surface area contributed by atoms with Gasteiger partial charge < -0.3 is 19.9 Å². The molecule has 0 radical (unpaired) electrons. The van der Waals surface area contributed by atoms with E-state index in [-0.39, 0.29) is 54.4 Å². The van der Waals surface area contributed by atoms with Gasteiger partial charge in [-0.05, 0) is 80.6 Å². The van der Waals surface area contributed by atoms with Gasteiger partial charge in [0.05, 0.1) is 41.2 Å². The number of fused-ring (bicyclic) bond motifs is 2. The molecule has 5 heterocycles. The molecule has 2 aromatic carbocycles. The SMILES string of the molecule is [C-]#[N+]c1ccc(OC2C(C)(C)C(NC(=O)c3cnc(N4CCC(CCN5CCN(c6ccc7c(c6)C(=O)N(C6CCC(=O)CC6=O)C7=O)CC5)CC4)c(F)c3)C2(C)C)c2cccnc12. The summed E-state index contributed by atoms with van der Waals surface area (Å²) in [7, 11) is 0. The van der Waals surface area contributed by atoms with Gasteiger partial charge in [0.1, 0.15) is 17.6 Å². The second-order valence-electron chi connectivity index (χ2n) is 19.2. The maximum absolute atomic E-state index is 15.7. The third-order valence-corrected chi connectivity index (χ3v) is 14.4. The van der Waals surface area contributed by atoms with Gasteiger partial charge in [0.15, 0.2) is 17.4 Å². The molecule has 0 spiro atoms. The van der Waals surface area contributed by atoms with Crippen LogP contribution in [0, 0.1) is 29.1 Å². The first-order valence-corrected chi connectivity index (χ1v) is 22.3. The fourth-order valence-electron chi connectivity index (χ4n) is 11.1. The summed E-state index contributed by atoms with van der Waals surface area (Å²) in [6.45, 7) is 21.3. The first kappa shape index (κ1) is 43.0. The summed E-state index contributed by atoms with van der Waals surface area (Å²) in [5, 5.41) is 3.91. The highest BCUT2D eigenvalue weighted by Gasteiger charge is 2.64. The number of anilines is 2.